The topological polar surface area (TPSA) is 52.3 Å². The van der Waals surface area contributed by atoms with E-state index in [9.17, 15) is 4.79 Å². The van der Waals surface area contributed by atoms with E-state index in [1.807, 2.05) is 0 Å². The summed E-state index contributed by atoms with van der Waals surface area (Å²) in [6.07, 6.45) is 3.95. The van der Waals surface area contributed by atoms with E-state index in [0.717, 1.165) is 6.08 Å². The molecule has 3 heteroatoms. The molecule has 50 valence electrons. The summed E-state index contributed by atoms with van der Waals surface area (Å²) >= 11 is 0. The van der Waals surface area contributed by atoms with Gasteiger partial charge in [0, 0.05) is 6.08 Å². The van der Waals surface area contributed by atoms with Crippen LogP contribution in [-0.4, -0.2) is 12.6 Å². The maximum atomic E-state index is 10.3. The third-order valence-corrected chi connectivity index (χ3v) is 0.625. The van der Waals surface area contributed by atoms with Crippen LogP contribution in [0.3, 0.4) is 0 Å². The Morgan fingerprint density at radius 2 is 2.44 bits per heavy atom. The largest absolute Gasteiger partial charge is 0.458 e. The smallest absolute Gasteiger partial charge is 0.330 e. The van der Waals surface area contributed by atoms with E-state index >= 15 is 0 Å². The second-order valence-corrected chi connectivity index (χ2v) is 1.26. The lowest BCUT2D eigenvalue weighted by Gasteiger charge is -1.92. The van der Waals surface area contributed by atoms with Gasteiger partial charge in [-0.2, -0.15) is 0 Å². The van der Waals surface area contributed by atoms with E-state index in [0.29, 0.717) is 0 Å². The van der Waals surface area contributed by atoms with Crippen molar-refractivity contribution in [2.45, 2.75) is 0 Å². The van der Waals surface area contributed by atoms with Gasteiger partial charge in [-0.25, -0.2) is 4.79 Å². The Labute approximate surface area is 53.8 Å². The maximum Gasteiger partial charge on any atom is 0.330 e. The number of hydrogen-bond acceptors (Lipinski definition) is 3. The van der Waals surface area contributed by atoms with Crippen LogP contribution in [0.25, 0.3) is 0 Å². The molecule has 9 heavy (non-hydrogen) atoms. The summed E-state index contributed by atoms with van der Waals surface area (Å²) in [6, 6.07) is 0. The quantitative estimate of drug-likeness (QED) is 0.435. The highest BCUT2D eigenvalue weighted by molar-refractivity contribution is 5.81. The number of ether oxygens (including phenoxy) is 1. The molecule has 0 radical (unpaired) electrons. The standard InChI is InChI=1S/C6H9NO2/c1-2-6(8)9-5-3-4-7/h2-4H,1,5,7H2. The molecule has 2 N–H and O–H groups in total. The Hall–Kier alpha value is -1.25. The van der Waals surface area contributed by atoms with Crippen LogP contribution in [0.5, 0.6) is 0 Å². The Kier molecular flexibility index (Phi) is 4.22. The van der Waals surface area contributed by atoms with Gasteiger partial charge in [-0.05, 0) is 12.3 Å². The molecular weight excluding hydrogens is 118 g/mol. The third kappa shape index (κ3) is 4.61. The van der Waals surface area contributed by atoms with E-state index < -0.39 is 5.97 Å². The van der Waals surface area contributed by atoms with E-state index in [1.165, 1.54) is 12.3 Å². The third-order valence-electron chi connectivity index (χ3n) is 0.625. The van der Waals surface area contributed by atoms with Crippen LogP contribution in [0.2, 0.25) is 0 Å². The number of esters is 1. The average Bonchev–Trinajstić information content (AvgIpc) is 1.89. The number of carbonyl (C=O) groups is 1. The molecule has 0 saturated carbocycles. The fourth-order valence-corrected chi connectivity index (χ4v) is 0.245. The van der Waals surface area contributed by atoms with Gasteiger partial charge in [-0.1, -0.05) is 6.58 Å². The van der Waals surface area contributed by atoms with Crippen molar-refractivity contribution in [2.75, 3.05) is 6.61 Å². The van der Waals surface area contributed by atoms with Crippen LogP contribution < -0.4 is 5.73 Å². The summed E-state index contributed by atoms with van der Waals surface area (Å²) in [7, 11) is 0. The summed E-state index contributed by atoms with van der Waals surface area (Å²) < 4.78 is 4.51. The zero-order valence-electron chi connectivity index (χ0n) is 5.04. The Morgan fingerprint density at radius 3 is 2.89 bits per heavy atom. The van der Waals surface area contributed by atoms with Crippen LogP contribution in [0.15, 0.2) is 24.9 Å². The van der Waals surface area contributed by atoms with E-state index in [2.05, 4.69) is 11.3 Å². The summed E-state index contributed by atoms with van der Waals surface area (Å²) in [5.74, 6) is -0.437. The average molecular weight is 127 g/mol. The Balaban J connectivity index is 3.27. The van der Waals surface area contributed by atoms with Crippen molar-refractivity contribution < 1.29 is 9.53 Å². The molecule has 0 heterocycles. The van der Waals surface area contributed by atoms with Crippen molar-refractivity contribution in [1.29, 1.82) is 0 Å². The molecule has 0 atom stereocenters. The predicted molar refractivity (Wildman–Crippen MR) is 34.5 cm³/mol. The first kappa shape index (κ1) is 7.75. The molecule has 0 unspecified atom stereocenters. The van der Waals surface area contributed by atoms with Gasteiger partial charge in [0.1, 0.15) is 6.61 Å². The van der Waals surface area contributed by atoms with E-state index in [-0.39, 0.29) is 6.61 Å². The second kappa shape index (κ2) is 4.90. The fraction of sp³-hybridized carbons (Fsp3) is 0.167. The first-order valence-electron chi connectivity index (χ1n) is 2.47. The van der Waals surface area contributed by atoms with Crippen LogP contribution in [-0.2, 0) is 9.53 Å². The number of carbonyl (C=O) groups excluding carboxylic acids is 1. The Bertz CT molecular complexity index is 129. The van der Waals surface area contributed by atoms with Crippen molar-refractivity contribution in [3.8, 4) is 0 Å². The monoisotopic (exact) mass is 127 g/mol. The summed E-state index contributed by atoms with van der Waals surface area (Å²) in [4.78, 5) is 10.3. The van der Waals surface area contributed by atoms with Gasteiger partial charge in [-0.15, -0.1) is 0 Å². The second-order valence-electron chi connectivity index (χ2n) is 1.26. The van der Waals surface area contributed by atoms with Crippen LogP contribution in [0, 0.1) is 0 Å². The molecule has 0 aromatic rings. The van der Waals surface area contributed by atoms with Crippen LogP contribution in [0.1, 0.15) is 0 Å². The highest BCUT2D eigenvalue weighted by Gasteiger charge is 1.88. The van der Waals surface area contributed by atoms with Gasteiger partial charge in [0.25, 0.3) is 0 Å². The summed E-state index contributed by atoms with van der Waals surface area (Å²) in [5, 5.41) is 0. The van der Waals surface area contributed by atoms with Crippen LogP contribution >= 0.6 is 0 Å². The lowest BCUT2D eigenvalue weighted by Crippen LogP contribution is -1.99. The molecule has 3 nitrogen and oxygen atoms in total. The molecule has 0 spiro atoms. The highest BCUT2D eigenvalue weighted by atomic mass is 16.5. The van der Waals surface area contributed by atoms with Gasteiger partial charge < -0.3 is 10.5 Å². The number of rotatable bonds is 3. The zero-order chi connectivity index (χ0) is 7.11. The van der Waals surface area contributed by atoms with Crippen molar-refractivity contribution in [3.05, 3.63) is 24.9 Å². The molecule has 0 aromatic carbocycles. The Morgan fingerprint density at radius 1 is 1.78 bits per heavy atom. The van der Waals surface area contributed by atoms with E-state index in [4.69, 9.17) is 5.73 Å². The molecule has 0 aliphatic carbocycles. The van der Waals surface area contributed by atoms with Crippen molar-refractivity contribution in [3.63, 3.8) is 0 Å². The lowest BCUT2D eigenvalue weighted by atomic mass is 10.6. The minimum atomic E-state index is -0.437. The minimum absolute atomic E-state index is 0.210. The van der Waals surface area contributed by atoms with Gasteiger partial charge in [0.2, 0.25) is 0 Å². The molecule has 0 bridgehead atoms. The molecule has 0 fully saturated rings. The minimum Gasteiger partial charge on any atom is -0.458 e. The molecule has 0 aliphatic rings. The zero-order valence-corrected chi connectivity index (χ0v) is 5.04. The molecule has 0 aromatic heterocycles. The molecule has 0 rings (SSSR count). The molecule has 0 aliphatic heterocycles. The normalized spacial score (nSPS) is 9.33. The number of hydrogen-bond donors (Lipinski definition) is 1. The predicted octanol–water partition coefficient (Wildman–Crippen LogP) is 0.188. The van der Waals surface area contributed by atoms with Gasteiger partial charge >= 0.3 is 5.97 Å². The van der Waals surface area contributed by atoms with Crippen LogP contribution in [0.4, 0.5) is 0 Å². The first-order chi connectivity index (χ1) is 4.31. The number of nitrogens with two attached hydrogens (primary N) is 1. The lowest BCUT2D eigenvalue weighted by molar-refractivity contribution is -0.136. The SMILES string of the molecule is C=CC(=O)OCC=CN. The van der Waals surface area contributed by atoms with Gasteiger partial charge in [0.15, 0.2) is 0 Å². The van der Waals surface area contributed by atoms with Crippen molar-refractivity contribution in [1.82, 2.24) is 0 Å². The van der Waals surface area contributed by atoms with Gasteiger partial charge in [-0.3, -0.25) is 0 Å². The fourth-order valence-electron chi connectivity index (χ4n) is 0.245. The molecular formula is C6H9NO2. The summed E-state index contributed by atoms with van der Waals surface area (Å²) in [5.41, 5.74) is 4.96. The van der Waals surface area contributed by atoms with Crippen molar-refractivity contribution in [2.24, 2.45) is 5.73 Å². The van der Waals surface area contributed by atoms with Gasteiger partial charge in [0.05, 0.1) is 0 Å². The molecule has 0 saturated heterocycles. The molecule has 0 amide bonds. The van der Waals surface area contributed by atoms with Crippen molar-refractivity contribution >= 4 is 5.97 Å². The highest BCUT2D eigenvalue weighted by Crippen LogP contribution is 1.78. The maximum absolute atomic E-state index is 10.3. The van der Waals surface area contributed by atoms with E-state index in [1.54, 1.807) is 0 Å². The summed E-state index contributed by atoms with van der Waals surface area (Å²) in [6.45, 7) is 3.42. The first-order valence-corrected chi connectivity index (χ1v) is 2.47.